The smallest absolute Gasteiger partial charge is 0.253 e. The number of aromatic hydroxyl groups is 1. The second kappa shape index (κ2) is 12.2. The molecule has 2 aromatic heterocycles. The summed E-state index contributed by atoms with van der Waals surface area (Å²) >= 11 is 0. The Balaban J connectivity index is 1.33. The molecule has 37 heavy (non-hydrogen) atoms. The van der Waals surface area contributed by atoms with Gasteiger partial charge in [0.05, 0.1) is 11.3 Å². The van der Waals surface area contributed by atoms with Crippen molar-refractivity contribution in [2.75, 3.05) is 24.5 Å². The highest BCUT2D eigenvalue weighted by Gasteiger charge is 2.27. The van der Waals surface area contributed by atoms with Gasteiger partial charge in [-0.25, -0.2) is 0 Å². The number of piperidine rings is 1. The summed E-state index contributed by atoms with van der Waals surface area (Å²) < 4.78 is 0. The molecule has 0 radical (unpaired) electrons. The van der Waals surface area contributed by atoms with Gasteiger partial charge in [0.1, 0.15) is 5.75 Å². The number of aryl methyl sites for hydroxylation is 3. The van der Waals surface area contributed by atoms with Crippen LogP contribution in [0.3, 0.4) is 0 Å². The number of carbonyl (C=O) groups excluding carboxylic acids is 1. The summed E-state index contributed by atoms with van der Waals surface area (Å²) in [5.41, 5.74) is 6.00. The van der Waals surface area contributed by atoms with Gasteiger partial charge in [-0.15, -0.1) is 0 Å². The fourth-order valence-corrected chi connectivity index (χ4v) is 5.26. The molecule has 1 aliphatic rings. The monoisotopic (exact) mass is 501 g/mol. The number of phenols is 1. The minimum atomic E-state index is -0.0377. The third kappa shape index (κ3) is 6.66. The van der Waals surface area contributed by atoms with E-state index in [-0.39, 0.29) is 11.7 Å². The van der Waals surface area contributed by atoms with Crippen molar-refractivity contribution in [1.82, 2.24) is 20.2 Å². The standard InChI is InChI=1S/C30H39N5O2/c1-21-9-14-31-19-25(21)20-35(26-5-7-28(36)8-6-26)27-12-17-34(18-13-27)23(3)11-16-33-30(37)29-22(2)10-15-32-24(29)4/h5-10,14-15,19,23,27,36H,11-13,16-18,20H2,1-4H3,(H,33,37)/t23-/m1/s1. The average molecular weight is 502 g/mol. The van der Waals surface area contributed by atoms with E-state index in [1.807, 2.05) is 44.4 Å². The van der Waals surface area contributed by atoms with Gasteiger partial charge in [0.15, 0.2) is 0 Å². The topological polar surface area (TPSA) is 81.6 Å². The largest absolute Gasteiger partial charge is 0.508 e. The zero-order valence-corrected chi connectivity index (χ0v) is 22.4. The van der Waals surface area contributed by atoms with Crippen molar-refractivity contribution in [3.05, 3.63) is 82.9 Å². The molecule has 1 fully saturated rings. The number of hydrogen-bond acceptors (Lipinski definition) is 6. The Kier molecular flexibility index (Phi) is 8.77. The third-order valence-corrected chi connectivity index (χ3v) is 7.66. The number of benzene rings is 1. The lowest BCUT2D eigenvalue weighted by Gasteiger charge is -2.42. The number of nitrogens with one attached hydrogen (secondary N) is 1. The lowest BCUT2D eigenvalue weighted by Crippen LogP contribution is -2.48. The van der Waals surface area contributed by atoms with Crippen LogP contribution in [0.4, 0.5) is 5.69 Å². The molecule has 196 valence electrons. The van der Waals surface area contributed by atoms with E-state index in [0.29, 0.717) is 24.2 Å². The minimum Gasteiger partial charge on any atom is -0.508 e. The maximum atomic E-state index is 12.7. The van der Waals surface area contributed by atoms with Crippen LogP contribution < -0.4 is 10.2 Å². The molecule has 4 rings (SSSR count). The molecule has 1 saturated heterocycles. The first-order chi connectivity index (χ1) is 17.8. The van der Waals surface area contributed by atoms with Crippen molar-refractivity contribution in [2.24, 2.45) is 0 Å². The second-order valence-electron chi connectivity index (χ2n) is 10.2. The highest BCUT2D eigenvalue weighted by Crippen LogP contribution is 2.28. The first-order valence-electron chi connectivity index (χ1n) is 13.2. The summed E-state index contributed by atoms with van der Waals surface area (Å²) in [4.78, 5) is 26.3. The number of rotatable bonds is 9. The number of amides is 1. The number of phenolic OH excluding ortho intramolecular Hbond substituents is 1. The maximum absolute atomic E-state index is 12.7. The Morgan fingerprint density at radius 3 is 2.46 bits per heavy atom. The van der Waals surface area contributed by atoms with Gasteiger partial charge in [0.2, 0.25) is 0 Å². The van der Waals surface area contributed by atoms with Gasteiger partial charge in [-0.2, -0.15) is 0 Å². The van der Waals surface area contributed by atoms with Crippen molar-refractivity contribution in [1.29, 1.82) is 0 Å². The van der Waals surface area contributed by atoms with Gasteiger partial charge in [-0.3, -0.25) is 14.8 Å². The molecule has 2 N–H and O–H groups in total. The molecule has 0 spiro atoms. The van der Waals surface area contributed by atoms with Crippen molar-refractivity contribution in [2.45, 2.75) is 65.6 Å². The molecule has 0 unspecified atom stereocenters. The second-order valence-corrected chi connectivity index (χ2v) is 10.2. The van der Waals surface area contributed by atoms with E-state index in [4.69, 9.17) is 0 Å². The van der Waals surface area contributed by atoms with Crippen LogP contribution in [-0.4, -0.2) is 57.6 Å². The van der Waals surface area contributed by atoms with E-state index in [1.165, 1.54) is 11.1 Å². The SMILES string of the molecule is Cc1ccncc1CN(c1ccc(O)cc1)C1CCN([C@H](C)CCNC(=O)c2c(C)ccnc2C)CC1. The molecular formula is C30H39N5O2. The van der Waals surface area contributed by atoms with Crippen LogP contribution in [0.2, 0.25) is 0 Å². The van der Waals surface area contributed by atoms with Gasteiger partial charge in [0.25, 0.3) is 5.91 Å². The van der Waals surface area contributed by atoms with Crippen LogP contribution >= 0.6 is 0 Å². The van der Waals surface area contributed by atoms with Crippen LogP contribution in [-0.2, 0) is 6.54 Å². The molecule has 1 atom stereocenters. The minimum absolute atomic E-state index is 0.0377. The van der Waals surface area contributed by atoms with Gasteiger partial charge < -0.3 is 20.2 Å². The van der Waals surface area contributed by atoms with Crippen LogP contribution in [0, 0.1) is 20.8 Å². The Hall–Kier alpha value is -3.45. The Morgan fingerprint density at radius 1 is 1.08 bits per heavy atom. The Labute approximate surface area is 220 Å². The molecule has 1 aromatic carbocycles. The number of hydrogen-bond donors (Lipinski definition) is 2. The van der Waals surface area contributed by atoms with Crippen LogP contribution in [0.5, 0.6) is 5.75 Å². The molecule has 0 aliphatic carbocycles. The summed E-state index contributed by atoms with van der Waals surface area (Å²) in [6, 6.07) is 12.3. The van der Waals surface area contributed by atoms with Crippen LogP contribution in [0.1, 0.15) is 58.9 Å². The molecule has 7 heteroatoms. The summed E-state index contributed by atoms with van der Waals surface area (Å²) in [6.07, 6.45) is 8.57. The lowest BCUT2D eigenvalue weighted by molar-refractivity contribution is 0.0943. The maximum Gasteiger partial charge on any atom is 0.253 e. The number of likely N-dealkylation sites (tertiary alicyclic amines) is 1. The molecule has 3 aromatic rings. The van der Waals surface area contributed by atoms with Crippen molar-refractivity contribution in [3.8, 4) is 5.75 Å². The highest BCUT2D eigenvalue weighted by atomic mass is 16.3. The molecule has 0 saturated carbocycles. The van der Waals surface area contributed by atoms with Crippen LogP contribution in [0.25, 0.3) is 0 Å². The molecule has 7 nitrogen and oxygen atoms in total. The molecule has 1 aliphatic heterocycles. The quantitative estimate of drug-likeness (QED) is 0.439. The number of aromatic nitrogens is 2. The zero-order chi connectivity index (χ0) is 26.4. The van der Waals surface area contributed by atoms with Gasteiger partial charge in [-0.05, 0) is 100 Å². The summed E-state index contributed by atoms with van der Waals surface area (Å²) in [6.45, 7) is 11.7. The number of nitrogens with zero attached hydrogens (tertiary/aromatic N) is 4. The van der Waals surface area contributed by atoms with Gasteiger partial charge in [0, 0.05) is 62.5 Å². The average Bonchev–Trinajstić information content (AvgIpc) is 2.89. The Bertz CT molecular complexity index is 1170. The van der Waals surface area contributed by atoms with Crippen molar-refractivity contribution in [3.63, 3.8) is 0 Å². The fourth-order valence-electron chi connectivity index (χ4n) is 5.26. The highest BCUT2D eigenvalue weighted by molar-refractivity contribution is 5.96. The lowest BCUT2D eigenvalue weighted by atomic mass is 9.99. The molecular weight excluding hydrogens is 462 g/mol. The zero-order valence-electron chi connectivity index (χ0n) is 22.4. The van der Waals surface area contributed by atoms with Crippen LogP contribution in [0.15, 0.2) is 55.0 Å². The predicted molar refractivity (Wildman–Crippen MR) is 148 cm³/mol. The van der Waals surface area contributed by atoms with Gasteiger partial charge >= 0.3 is 0 Å². The number of anilines is 1. The molecule has 0 bridgehead atoms. The first kappa shape index (κ1) is 26.6. The summed E-state index contributed by atoms with van der Waals surface area (Å²) in [5.74, 6) is 0.245. The van der Waals surface area contributed by atoms with E-state index in [9.17, 15) is 9.90 Å². The number of pyridine rings is 2. The summed E-state index contributed by atoms with van der Waals surface area (Å²) in [7, 11) is 0. The third-order valence-electron chi connectivity index (χ3n) is 7.66. The fraction of sp³-hybridized carbons (Fsp3) is 0.433. The van der Waals surface area contributed by atoms with Gasteiger partial charge in [-0.1, -0.05) is 0 Å². The van der Waals surface area contributed by atoms with E-state index in [0.717, 1.165) is 55.8 Å². The van der Waals surface area contributed by atoms with E-state index >= 15 is 0 Å². The normalized spacial score (nSPS) is 15.4. The number of carbonyl (C=O) groups is 1. The molecule has 3 heterocycles. The van der Waals surface area contributed by atoms with E-state index in [1.54, 1.807) is 18.3 Å². The first-order valence-corrected chi connectivity index (χ1v) is 13.2. The summed E-state index contributed by atoms with van der Waals surface area (Å²) in [5, 5.41) is 12.9. The predicted octanol–water partition coefficient (Wildman–Crippen LogP) is 4.79. The van der Waals surface area contributed by atoms with Crippen molar-refractivity contribution < 1.29 is 9.90 Å². The van der Waals surface area contributed by atoms with E-state index < -0.39 is 0 Å². The van der Waals surface area contributed by atoms with Crippen molar-refractivity contribution >= 4 is 11.6 Å². The molecule has 1 amide bonds. The Morgan fingerprint density at radius 2 is 1.78 bits per heavy atom. The van der Waals surface area contributed by atoms with E-state index in [2.05, 4.69) is 45.0 Å².